The highest BCUT2D eigenvalue weighted by molar-refractivity contribution is 9.09. The van der Waals surface area contributed by atoms with E-state index in [0.717, 1.165) is 9.13 Å². The van der Waals surface area contributed by atoms with Crippen molar-refractivity contribution in [3.05, 3.63) is 21.9 Å². The van der Waals surface area contributed by atoms with Crippen molar-refractivity contribution < 1.29 is 14.4 Å². The molecule has 1 rings (SSSR count). The second-order valence-corrected chi connectivity index (χ2v) is 4.88. The van der Waals surface area contributed by atoms with Gasteiger partial charge in [-0.05, 0) is 6.92 Å². The predicted octanol–water partition coefficient (Wildman–Crippen LogP) is 0.657. The summed E-state index contributed by atoms with van der Waals surface area (Å²) in [6.45, 7) is 4.46. The number of hydrogen-bond donors (Lipinski definition) is 1. The Balaban J connectivity index is 3.71. The molecule has 0 atom stereocenters. The van der Waals surface area contributed by atoms with E-state index in [1.54, 1.807) is 6.92 Å². The molecule has 0 aliphatic heterocycles. The first kappa shape index (κ1) is 16.4. The van der Waals surface area contributed by atoms with Crippen molar-refractivity contribution in [2.45, 2.75) is 27.2 Å². The number of nitrogens with zero attached hydrogens (tertiary/aromatic N) is 2. The molecule has 8 heteroatoms. The highest BCUT2D eigenvalue weighted by atomic mass is 79.9. The molecular weight excluding hydrogens is 330 g/mol. The third-order valence-corrected chi connectivity index (χ3v) is 3.06. The summed E-state index contributed by atoms with van der Waals surface area (Å²) < 4.78 is 1.61. The molecule has 0 saturated heterocycles. The van der Waals surface area contributed by atoms with Crippen molar-refractivity contribution in [2.75, 3.05) is 11.9 Å². The third kappa shape index (κ3) is 2.90. The Bertz CT molecular complexity index is 615. The molecule has 0 aliphatic rings. The van der Waals surface area contributed by atoms with Crippen LogP contribution in [0.2, 0.25) is 0 Å². The lowest BCUT2D eigenvalue weighted by atomic mass is 10.2. The number of hydrogen-bond acceptors (Lipinski definition) is 4. The SMILES string of the molecule is CCNC(=O)c1c(CCBr)n(C(C)=O)c(=O)n1C(C)=O. The van der Waals surface area contributed by atoms with Crippen LogP contribution in [0.25, 0.3) is 0 Å². The Kier molecular flexibility index (Phi) is 5.43. The van der Waals surface area contributed by atoms with Crippen LogP contribution in [0, 0.1) is 0 Å². The summed E-state index contributed by atoms with van der Waals surface area (Å²) in [7, 11) is 0. The van der Waals surface area contributed by atoms with Gasteiger partial charge < -0.3 is 5.32 Å². The van der Waals surface area contributed by atoms with Crippen LogP contribution in [0.3, 0.4) is 0 Å². The van der Waals surface area contributed by atoms with E-state index in [0.29, 0.717) is 11.9 Å². The number of halogens is 1. The van der Waals surface area contributed by atoms with Gasteiger partial charge in [-0.1, -0.05) is 15.9 Å². The van der Waals surface area contributed by atoms with Crippen LogP contribution in [0.4, 0.5) is 0 Å². The van der Waals surface area contributed by atoms with E-state index in [-0.39, 0.29) is 17.8 Å². The summed E-state index contributed by atoms with van der Waals surface area (Å²) in [6, 6.07) is 0. The van der Waals surface area contributed by atoms with Crippen molar-refractivity contribution in [1.82, 2.24) is 14.5 Å². The van der Waals surface area contributed by atoms with Crippen LogP contribution in [-0.2, 0) is 6.42 Å². The summed E-state index contributed by atoms with van der Waals surface area (Å²) in [6.07, 6.45) is 0.279. The Morgan fingerprint density at radius 1 is 1.15 bits per heavy atom. The first-order chi connectivity index (χ1) is 9.36. The number of rotatable bonds is 4. The predicted molar refractivity (Wildman–Crippen MR) is 76.8 cm³/mol. The normalized spacial score (nSPS) is 10.4. The monoisotopic (exact) mass is 345 g/mol. The Hall–Kier alpha value is -1.70. The van der Waals surface area contributed by atoms with E-state index in [2.05, 4.69) is 21.2 Å². The fourth-order valence-corrected chi connectivity index (χ4v) is 2.34. The average molecular weight is 346 g/mol. The molecule has 1 aromatic rings. The molecule has 0 unspecified atom stereocenters. The number of aromatic nitrogens is 2. The van der Waals surface area contributed by atoms with Gasteiger partial charge in [-0.25, -0.2) is 13.9 Å². The van der Waals surface area contributed by atoms with Gasteiger partial charge in [-0.15, -0.1) is 0 Å². The largest absolute Gasteiger partial charge is 0.351 e. The lowest BCUT2D eigenvalue weighted by Gasteiger charge is -2.07. The van der Waals surface area contributed by atoms with Crippen LogP contribution in [0.15, 0.2) is 4.79 Å². The highest BCUT2D eigenvalue weighted by Gasteiger charge is 2.27. The molecule has 1 N–H and O–H groups in total. The first-order valence-electron chi connectivity index (χ1n) is 6.09. The summed E-state index contributed by atoms with van der Waals surface area (Å²) in [4.78, 5) is 47.5. The number of nitrogens with one attached hydrogen (secondary N) is 1. The van der Waals surface area contributed by atoms with E-state index in [1.807, 2.05) is 0 Å². The van der Waals surface area contributed by atoms with Crippen molar-refractivity contribution in [3.63, 3.8) is 0 Å². The standard InChI is InChI=1S/C12H16BrN3O4/c1-4-14-11(19)10-9(5-6-13)15(7(2)17)12(20)16(10)8(3)18/h4-6H2,1-3H3,(H,14,19). The summed E-state index contributed by atoms with van der Waals surface area (Å²) in [5.41, 5.74) is -0.637. The van der Waals surface area contributed by atoms with Gasteiger partial charge in [0.15, 0.2) is 0 Å². The second-order valence-electron chi connectivity index (χ2n) is 4.09. The number of amides is 1. The lowest BCUT2D eigenvalue weighted by molar-refractivity contribution is 0.0883. The van der Waals surface area contributed by atoms with E-state index < -0.39 is 23.4 Å². The van der Waals surface area contributed by atoms with Crippen LogP contribution < -0.4 is 11.0 Å². The quantitative estimate of drug-likeness (QED) is 0.811. The molecule has 7 nitrogen and oxygen atoms in total. The van der Waals surface area contributed by atoms with Crippen molar-refractivity contribution in [3.8, 4) is 0 Å². The van der Waals surface area contributed by atoms with Gasteiger partial charge in [0.2, 0.25) is 11.8 Å². The number of carbonyl (C=O) groups is 3. The molecular formula is C12H16BrN3O4. The Morgan fingerprint density at radius 2 is 1.70 bits per heavy atom. The van der Waals surface area contributed by atoms with E-state index in [9.17, 15) is 19.2 Å². The molecule has 0 aromatic carbocycles. The lowest BCUT2D eigenvalue weighted by Crippen LogP contribution is -2.33. The van der Waals surface area contributed by atoms with Gasteiger partial charge in [0, 0.05) is 32.1 Å². The molecule has 20 heavy (non-hydrogen) atoms. The minimum absolute atomic E-state index is 0.0704. The van der Waals surface area contributed by atoms with Crippen molar-refractivity contribution >= 4 is 33.7 Å². The minimum Gasteiger partial charge on any atom is -0.351 e. The molecule has 0 aliphatic carbocycles. The van der Waals surface area contributed by atoms with Crippen molar-refractivity contribution in [1.29, 1.82) is 0 Å². The van der Waals surface area contributed by atoms with Crippen LogP contribution in [-0.4, -0.2) is 38.7 Å². The Labute approximate surface area is 124 Å². The zero-order valence-electron chi connectivity index (χ0n) is 11.5. The minimum atomic E-state index is -0.804. The zero-order chi connectivity index (χ0) is 15.4. The van der Waals surface area contributed by atoms with E-state index >= 15 is 0 Å². The van der Waals surface area contributed by atoms with Crippen molar-refractivity contribution in [2.24, 2.45) is 0 Å². The fourth-order valence-electron chi connectivity index (χ4n) is 1.96. The highest BCUT2D eigenvalue weighted by Crippen LogP contribution is 2.11. The smallest absolute Gasteiger partial charge is 0.342 e. The fraction of sp³-hybridized carbons (Fsp3) is 0.500. The van der Waals surface area contributed by atoms with Gasteiger partial charge in [0.1, 0.15) is 5.69 Å². The Morgan fingerprint density at radius 3 is 2.10 bits per heavy atom. The van der Waals surface area contributed by atoms with E-state index in [4.69, 9.17) is 0 Å². The average Bonchev–Trinajstić information content (AvgIpc) is 2.63. The molecule has 0 fully saturated rings. The maximum Gasteiger partial charge on any atom is 0.342 e. The molecule has 0 radical (unpaired) electrons. The third-order valence-electron chi connectivity index (χ3n) is 2.66. The number of alkyl halides is 1. The molecule has 0 spiro atoms. The molecule has 1 heterocycles. The van der Waals surface area contributed by atoms with Crippen LogP contribution in [0.1, 0.15) is 46.5 Å². The zero-order valence-corrected chi connectivity index (χ0v) is 13.1. The summed E-state index contributed by atoms with van der Waals surface area (Å²) in [5, 5.41) is 3.00. The van der Waals surface area contributed by atoms with Crippen LogP contribution >= 0.6 is 15.9 Å². The van der Waals surface area contributed by atoms with Gasteiger partial charge in [-0.2, -0.15) is 0 Å². The maximum atomic E-state index is 12.2. The summed E-state index contributed by atoms with van der Waals surface area (Å²) >= 11 is 3.21. The topological polar surface area (TPSA) is 90.2 Å². The molecule has 0 bridgehead atoms. The van der Waals surface area contributed by atoms with Crippen LogP contribution in [0.5, 0.6) is 0 Å². The molecule has 1 aromatic heterocycles. The van der Waals surface area contributed by atoms with Gasteiger partial charge in [0.25, 0.3) is 5.91 Å². The molecule has 110 valence electrons. The van der Waals surface area contributed by atoms with Gasteiger partial charge in [0.05, 0.1) is 5.69 Å². The first-order valence-corrected chi connectivity index (χ1v) is 7.21. The summed E-state index contributed by atoms with van der Waals surface area (Å²) in [5.74, 6) is -1.68. The van der Waals surface area contributed by atoms with Gasteiger partial charge >= 0.3 is 5.69 Å². The van der Waals surface area contributed by atoms with E-state index in [1.165, 1.54) is 13.8 Å². The second kappa shape index (κ2) is 6.65. The molecule has 0 saturated carbocycles. The number of carbonyl (C=O) groups excluding carboxylic acids is 3. The van der Waals surface area contributed by atoms with Gasteiger partial charge in [-0.3, -0.25) is 14.4 Å². The number of imidazole rings is 1. The maximum absolute atomic E-state index is 12.2. The molecule has 1 amide bonds.